The summed E-state index contributed by atoms with van der Waals surface area (Å²) < 4.78 is 11.0. The summed E-state index contributed by atoms with van der Waals surface area (Å²) in [5.41, 5.74) is 12.6. The van der Waals surface area contributed by atoms with Crippen molar-refractivity contribution in [3.63, 3.8) is 0 Å². The smallest absolute Gasteiger partial charge is 0.230 e. The molecule has 8 heteroatoms. The summed E-state index contributed by atoms with van der Waals surface area (Å²) >= 11 is 0. The first-order valence-corrected chi connectivity index (χ1v) is 7.12. The lowest BCUT2D eigenvalue weighted by Crippen LogP contribution is -2.12. The van der Waals surface area contributed by atoms with Crippen LogP contribution in [0.2, 0.25) is 0 Å². The van der Waals surface area contributed by atoms with E-state index in [2.05, 4.69) is 0 Å². The van der Waals surface area contributed by atoms with Crippen LogP contribution in [0.15, 0.2) is 48.5 Å². The quantitative estimate of drug-likeness (QED) is 0.307. The van der Waals surface area contributed by atoms with E-state index in [1.165, 1.54) is 0 Å². The first-order valence-electron chi connectivity index (χ1n) is 7.12. The molecule has 0 aliphatic carbocycles. The van der Waals surface area contributed by atoms with Gasteiger partial charge < -0.3 is 20.9 Å². The lowest BCUT2D eigenvalue weighted by molar-refractivity contribution is 0.120. The number of hydrogen-bond donors (Lipinski definition) is 4. The molecule has 144 valence electrons. The molecule has 0 amide bonds. The Bertz CT molecular complexity index is 617. The van der Waals surface area contributed by atoms with Crippen LogP contribution in [0.5, 0.6) is 11.5 Å². The molecular weight excluding hydrogens is 375 g/mol. The largest absolute Gasteiger partial charge is 0.458 e. The molecular formula is C18H26Cl2N4O2. The third kappa shape index (κ3) is 9.15. The molecule has 6 N–H and O–H groups in total. The topological polar surface area (TPSA) is 118 Å². The SMILES string of the molecule is C.Cl.Cl.N=C(N)Cc1ccc(OCOc2ccc(CC(=N)N)cc2)cc1. The molecule has 0 bridgehead atoms. The van der Waals surface area contributed by atoms with E-state index in [0.717, 1.165) is 11.1 Å². The van der Waals surface area contributed by atoms with Crippen LogP contribution in [0, 0.1) is 10.8 Å². The van der Waals surface area contributed by atoms with Gasteiger partial charge in [-0.3, -0.25) is 10.8 Å². The molecule has 0 fully saturated rings. The Hall–Kier alpha value is -2.44. The van der Waals surface area contributed by atoms with Crippen LogP contribution in [0.4, 0.5) is 0 Å². The van der Waals surface area contributed by atoms with Crippen molar-refractivity contribution >= 4 is 36.5 Å². The van der Waals surface area contributed by atoms with Crippen molar-refractivity contribution < 1.29 is 9.47 Å². The first kappa shape index (κ1) is 25.8. The van der Waals surface area contributed by atoms with E-state index < -0.39 is 0 Å². The van der Waals surface area contributed by atoms with Gasteiger partial charge >= 0.3 is 0 Å². The molecule has 2 aromatic carbocycles. The minimum absolute atomic E-state index is 0. The molecule has 2 aromatic rings. The van der Waals surface area contributed by atoms with E-state index in [0.29, 0.717) is 24.3 Å². The third-order valence-electron chi connectivity index (χ3n) is 3.09. The van der Waals surface area contributed by atoms with Gasteiger partial charge in [0.15, 0.2) is 0 Å². The summed E-state index contributed by atoms with van der Waals surface area (Å²) in [6, 6.07) is 14.7. The number of nitrogens with two attached hydrogens (primary N) is 2. The molecule has 0 saturated carbocycles. The van der Waals surface area contributed by atoms with Crippen LogP contribution in [0.25, 0.3) is 0 Å². The van der Waals surface area contributed by atoms with Crippen molar-refractivity contribution in [3.05, 3.63) is 59.7 Å². The van der Waals surface area contributed by atoms with Gasteiger partial charge in [0.05, 0.1) is 11.7 Å². The van der Waals surface area contributed by atoms with E-state index in [-0.39, 0.29) is 50.7 Å². The number of rotatable bonds is 8. The lowest BCUT2D eigenvalue weighted by Gasteiger charge is -2.09. The second-order valence-electron chi connectivity index (χ2n) is 5.10. The van der Waals surface area contributed by atoms with Crippen LogP contribution in [-0.4, -0.2) is 18.5 Å². The highest BCUT2D eigenvalue weighted by Crippen LogP contribution is 2.15. The fraction of sp³-hybridized carbons (Fsp3) is 0.222. The van der Waals surface area contributed by atoms with Gasteiger partial charge in [-0.25, -0.2) is 0 Å². The highest BCUT2D eigenvalue weighted by atomic mass is 35.5. The normalized spacial score (nSPS) is 8.92. The van der Waals surface area contributed by atoms with Crippen LogP contribution >= 0.6 is 24.8 Å². The van der Waals surface area contributed by atoms with E-state index in [4.69, 9.17) is 31.8 Å². The lowest BCUT2D eigenvalue weighted by atomic mass is 10.1. The summed E-state index contributed by atoms with van der Waals surface area (Å²) in [4.78, 5) is 0. The Morgan fingerprint density at radius 2 is 1.00 bits per heavy atom. The van der Waals surface area contributed by atoms with Gasteiger partial charge in [-0.1, -0.05) is 31.7 Å². The Morgan fingerprint density at radius 3 is 1.27 bits per heavy atom. The highest BCUT2D eigenvalue weighted by Gasteiger charge is 2.00. The Balaban J connectivity index is 0. The van der Waals surface area contributed by atoms with Gasteiger partial charge in [0.2, 0.25) is 6.79 Å². The molecule has 0 atom stereocenters. The maximum absolute atomic E-state index is 7.25. The number of hydrogen-bond acceptors (Lipinski definition) is 4. The Labute approximate surface area is 166 Å². The average molecular weight is 401 g/mol. The molecule has 0 saturated heterocycles. The fourth-order valence-corrected chi connectivity index (χ4v) is 2.01. The molecule has 6 nitrogen and oxygen atoms in total. The van der Waals surface area contributed by atoms with Crippen LogP contribution < -0.4 is 20.9 Å². The fourth-order valence-electron chi connectivity index (χ4n) is 2.01. The molecule has 2 rings (SSSR count). The third-order valence-corrected chi connectivity index (χ3v) is 3.09. The van der Waals surface area contributed by atoms with Crippen molar-refractivity contribution in [2.24, 2.45) is 11.5 Å². The number of halogens is 2. The van der Waals surface area contributed by atoms with Crippen molar-refractivity contribution in [2.45, 2.75) is 20.3 Å². The van der Waals surface area contributed by atoms with Crippen molar-refractivity contribution in [1.29, 1.82) is 10.8 Å². The maximum atomic E-state index is 7.25. The van der Waals surface area contributed by atoms with Crippen LogP contribution in [0.1, 0.15) is 18.6 Å². The predicted octanol–water partition coefficient (Wildman–Crippen LogP) is 3.54. The minimum Gasteiger partial charge on any atom is -0.458 e. The molecule has 26 heavy (non-hydrogen) atoms. The van der Waals surface area contributed by atoms with Crippen molar-refractivity contribution in [1.82, 2.24) is 0 Å². The highest BCUT2D eigenvalue weighted by molar-refractivity contribution is 5.85. The second kappa shape index (κ2) is 12.9. The maximum Gasteiger partial charge on any atom is 0.230 e. The Morgan fingerprint density at radius 1 is 0.692 bits per heavy atom. The number of benzene rings is 2. The molecule has 0 aliphatic heterocycles. The molecule has 0 aliphatic rings. The average Bonchev–Trinajstić information content (AvgIpc) is 2.50. The van der Waals surface area contributed by atoms with Gasteiger partial charge in [-0.15, -0.1) is 24.8 Å². The molecule has 0 radical (unpaired) electrons. The van der Waals surface area contributed by atoms with Gasteiger partial charge in [0.25, 0.3) is 0 Å². The van der Waals surface area contributed by atoms with Crippen LogP contribution in [0.3, 0.4) is 0 Å². The monoisotopic (exact) mass is 400 g/mol. The first-order chi connectivity index (χ1) is 11.0. The summed E-state index contributed by atoms with van der Waals surface area (Å²) in [5, 5.41) is 14.5. The standard InChI is InChI=1S/C17H20N4O2.CH4.2ClH/c18-16(19)9-12-1-5-14(6-2-12)22-11-23-15-7-3-13(4-8-15)10-17(20)21;;;/h1-8H,9-11H2,(H3,18,19)(H3,20,21);1H4;2*1H. The zero-order valence-electron chi connectivity index (χ0n) is 13.5. The van der Waals surface area contributed by atoms with Crippen molar-refractivity contribution in [2.75, 3.05) is 6.79 Å². The van der Waals surface area contributed by atoms with Crippen LogP contribution in [-0.2, 0) is 12.8 Å². The van der Waals surface area contributed by atoms with Gasteiger partial charge in [0, 0.05) is 12.8 Å². The Kier molecular flexibility index (Phi) is 12.8. The van der Waals surface area contributed by atoms with Gasteiger partial charge in [-0.2, -0.15) is 0 Å². The second-order valence-corrected chi connectivity index (χ2v) is 5.10. The molecule has 0 aromatic heterocycles. The van der Waals surface area contributed by atoms with Gasteiger partial charge in [-0.05, 0) is 35.4 Å². The summed E-state index contributed by atoms with van der Waals surface area (Å²) in [7, 11) is 0. The van der Waals surface area contributed by atoms with E-state index in [9.17, 15) is 0 Å². The minimum atomic E-state index is 0. The summed E-state index contributed by atoms with van der Waals surface area (Å²) in [6.07, 6.45) is 0.868. The zero-order chi connectivity index (χ0) is 16.7. The molecule has 0 spiro atoms. The molecule has 0 unspecified atom stereocenters. The number of amidine groups is 2. The van der Waals surface area contributed by atoms with E-state index >= 15 is 0 Å². The van der Waals surface area contributed by atoms with E-state index in [1.54, 1.807) is 0 Å². The molecule has 0 heterocycles. The zero-order valence-corrected chi connectivity index (χ0v) is 15.2. The predicted molar refractivity (Wildman–Crippen MR) is 111 cm³/mol. The summed E-state index contributed by atoms with van der Waals surface area (Å²) in [6.45, 7) is 0.0953. The van der Waals surface area contributed by atoms with Gasteiger partial charge in [0.1, 0.15) is 11.5 Å². The number of ether oxygens (including phenoxy) is 2. The van der Waals surface area contributed by atoms with E-state index in [1.807, 2.05) is 48.5 Å². The summed E-state index contributed by atoms with van der Waals surface area (Å²) in [5.74, 6) is 1.64. The van der Waals surface area contributed by atoms with Crippen molar-refractivity contribution in [3.8, 4) is 11.5 Å². The number of nitrogens with one attached hydrogen (secondary N) is 2.